The van der Waals surface area contributed by atoms with E-state index in [1.165, 1.54) is 5.57 Å². The number of amides is 1. The van der Waals surface area contributed by atoms with Gasteiger partial charge in [0.2, 0.25) is 5.91 Å². The summed E-state index contributed by atoms with van der Waals surface area (Å²) < 4.78 is 0. The van der Waals surface area contributed by atoms with Gasteiger partial charge in [0.1, 0.15) is 0 Å². The zero-order valence-corrected chi connectivity index (χ0v) is 21.4. The molecule has 0 spiro atoms. The molecule has 5 heteroatoms. The van der Waals surface area contributed by atoms with Crippen LogP contribution in [-0.4, -0.2) is 28.4 Å². The molecule has 1 heterocycles. The van der Waals surface area contributed by atoms with E-state index in [1.807, 2.05) is 6.20 Å². The predicted octanol–water partition coefficient (Wildman–Crippen LogP) is 6.99. The van der Waals surface area contributed by atoms with Crippen LogP contribution in [0.3, 0.4) is 0 Å². The molecule has 2 rings (SSSR count). The Balaban J connectivity index is 2.32. The van der Waals surface area contributed by atoms with Crippen LogP contribution in [0.5, 0.6) is 0 Å². The highest BCUT2D eigenvalue weighted by Gasteiger charge is 2.39. The maximum atomic E-state index is 13.0. The van der Waals surface area contributed by atoms with Gasteiger partial charge in [0.15, 0.2) is 0 Å². The van der Waals surface area contributed by atoms with Crippen molar-refractivity contribution in [2.75, 3.05) is 6.54 Å². The first-order chi connectivity index (χ1) is 14.8. The summed E-state index contributed by atoms with van der Waals surface area (Å²) in [6, 6.07) is 6.31. The van der Waals surface area contributed by atoms with Crippen molar-refractivity contribution in [2.24, 2.45) is 11.3 Å². The van der Waals surface area contributed by atoms with Gasteiger partial charge in [-0.2, -0.15) is 0 Å². The van der Waals surface area contributed by atoms with Crippen molar-refractivity contribution in [1.82, 2.24) is 4.90 Å². The first-order valence-electron chi connectivity index (χ1n) is 11.8. The van der Waals surface area contributed by atoms with Crippen LogP contribution in [0.1, 0.15) is 91.2 Å². The summed E-state index contributed by atoms with van der Waals surface area (Å²) in [4.78, 5) is 25.6. The molecule has 1 aliphatic rings. The number of carboxylic acid groups (broad SMARTS) is 1. The molecule has 0 aromatic heterocycles. The van der Waals surface area contributed by atoms with E-state index in [-0.39, 0.29) is 17.7 Å². The first-order valence-corrected chi connectivity index (χ1v) is 12.2. The number of carbonyl (C=O) groups is 2. The molecule has 1 aromatic rings. The van der Waals surface area contributed by atoms with E-state index < -0.39 is 11.4 Å². The molecule has 1 aromatic carbocycles. The van der Waals surface area contributed by atoms with Crippen molar-refractivity contribution in [1.29, 1.82) is 0 Å². The Labute approximate surface area is 199 Å². The van der Waals surface area contributed by atoms with Gasteiger partial charge < -0.3 is 10.0 Å². The summed E-state index contributed by atoms with van der Waals surface area (Å²) >= 11 is 6.71. The van der Waals surface area contributed by atoms with Crippen LogP contribution in [0, 0.1) is 11.3 Å². The SMILES string of the molecule is CC(C)CCC1=CN(CCCC(=O)O)C(=O)C[C@@]1(C)c1ccc(CCC(C)(C)C)c(Cl)c1. The number of aryl methyl sites for hydroxylation is 1. The van der Waals surface area contributed by atoms with Gasteiger partial charge in [0, 0.05) is 36.0 Å². The predicted molar refractivity (Wildman–Crippen MR) is 132 cm³/mol. The molecular formula is C27H40ClNO3. The van der Waals surface area contributed by atoms with Gasteiger partial charge >= 0.3 is 5.97 Å². The molecule has 32 heavy (non-hydrogen) atoms. The van der Waals surface area contributed by atoms with Gasteiger partial charge in [-0.1, -0.05) is 65.3 Å². The summed E-state index contributed by atoms with van der Waals surface area (Å²) in [7, 11) is 0. The largest absolute Gasteiger partial charge is 0.481 e. The Morgan fingerprint density at radius 3 is 2.50 bits per heavy atom. The van der Waals surface area contributed by atoms with Crippen LogP contribution in [0.2, 0.25) is 5.02 Å². The Hall–Kier alpha value is -1.81. The Morgan fingerprint density at radius 2 is 1.94 bits per heavy atom. The molecule has 178 valence electrons. The zero-order chi connectivity index (χ0) is 24.1. The van der Waals surface area contributed by atoms with Crippen molar-refractivity contribution in [2.45, 2.75) is 91.9 Å². The van der Waals surface area contributed by atoms with Gasteiger partial charge in [-0.05, 0) is 66.2 Å². The number of nitrogens with zero attached hydrogens (tertiary/aromatic N) is 1. The molecule has 0 bridgehead atoms. The lowest BCUT2D eigenvalue weighted by atomic mass is 9.69. The van der Waals surface area contributed by atoms with Gasteiger partial charge in [-0.25, -0.2) is 0 Å². The highest BCUT2D eigenvalue weighted by Crippen LogP contribution is 2.43. The quantitative estimate of drug-likeness (QED) is 0.408. The van der Waals surface area contributed by atoms with Crippen molar-refractivity contribution in [3.8, 4) is 0 Å². The monoisotopic (exact) mass is 461 g/mol. The summed E-state index contributed by atoms with van der Waals surface area (Å²) in [5.74, 6) is -0.231. The Morgan fingerprint density at radius 1 is 1.25 bits per heavy atom. The summed E-state index contributed by atoms with van der Waals surface area (Å²) in [5.41, 5.74) is 3.30. The molecule has 1 atom stereocenters. The lowest BCUT2D eigenvalue weighted by molar-refractivity contribution is -0.138. The van der Waals surface area contributed by atoms with Crippen molar-refractivity contribution in [3.05, 3.63) is 46.1 Å². The summed E-state index contributed by atoms with van der Waals surface area (Å²) in [6.07, 6.45) is 6.83. The highest BCUT2D eigenvalue weighted by molar-refractivity contribution is 6.31. The van der Waals surface area contributed by atoms with Crippen molar-refractivity contribution >= 4 is 23.5 Å². The number of carbonyl (C=O) groups excluding carboxylic acids is 1. The van der Waals surface area contributed by atoms with E-state index >= 15 is 0 Å². The topological polar surface area (TPSA) is 57.6 Å². The highest BCUT2D eigenvalue weighted by atomic mass is 35.5. The van der Waals surface area contributed by atoms with Gasteiger partial charge in [0.05, 0.1) is 0 Å². The van der Waals surface area contributed by atoms with Crippen LogP contribution < -0.4 is 0 Å². The number of aliphatic carboxylic acids is 1. The number of hydrogen-bond acceptors (Lipinski definition) is 2. The van der Waals surface area contributed by atoms with Crippen LogP contribution in [0.25, 0.3) is 0 Å². The molecular weight excluding hydrogens is 422 g/mol. The normalized spacial score (nSPS) is 19.4. The second-order valence-corrected chi connectivity index (χ2v) is 11.5. The fraction of sp³-hybridized carbons (Fsp3) is 0.630. The van der Waals surface area contributed by atoms with Crippen LogP contribution in [-0.2, 0) is 21.4 Å². The molecule has 0 unspecified atom stereocenters. The molecule has 0 saturated carbocycles. The van der Waals surface area contributed by atoms with Crippen LogP contribution >= 0.6 is 11.6 Å². The minimum atomic E-state index is -0.829. The smallest absolute Gasteiger partial charge is 0.303 e. The number of hydrogen-bond donors (Lipinski definition) is 1. The average Bonchev–Trinajstić information content (AvgIpc) is 2.66. The molecule has 4 nitrogen and oxygen atoms in total. The minimum Gasteiger partial charge on any atom is -0.481 e. The molecule has 1 amide bonds. The van der Waals surface area contributed by atoms with E-state index in [2.05, 4.69) is 59.7 Å². The number of allylic oxidation sites excluding steroid dienone is 1. The Bertz CT molecular complexity index is 853. The van der Waals surface area contributed by atoms with Gasteiger partial charge in [-0.3, -0.25) is 9.59 Å². The number of rotatable bonds is 10. The second kappa shape index (κ2) is 10.9. The van der Waals surface area contributed by atoms with Crippen molar-refractivity contribution < 1.29 is 14.7 Å². The maximum Gasteiger partial charge on any atom is 0.303 e. The van der Waals surface area contributed by atoms with E-state index in [0.717, 1.165) is 41.8 Å². The first kappa shape index (κ1) is 26.4. The molecule has 0 radical (unpaired) electrons. The van der Waals surface area contributed by atoms with Gasteiger partial charge in [-0.15, -0.1) is 0 Å². The van der Waals surface area contributed by atoms with E-state index in [1.54, 1.807) is 4.90 Å². The zero-order valence-electron chi connectivity index (χ0n) is 20.6. The average molecular weight is 462 g/mol. The maximum absolute atomic E-state index is 13.0. The second-order valence-electron chi connectivity index (χ2n) is 11.0. The molecule has 0 fully saturated rings. The van der Waals surface area contributed by atoms with E-state index in [0.29, 0.717) is 25.3 Å². The lowest BCUT2D eigenvalue weighted by Crippen LogP contribution is -2.41. The van der Waals surface area contributed by atoms with E-state index in [4.69, 9.17) is 16.7 Å². The third-order valence-corrected chi connectivity index (χ3v) is 6.81. The van der Waals surface area contributed by atoms with Gasteiger partial charge in [0.25, 0.3) is 0 Å². The van der Waals surface area contributed by atoms with E-state index in [9.17, 15) is 9.59 Å². The van der Waals surface area contributed by atoms with Crippen LogP contribution in [0.15, 0.2) is 30.0 Å². The molecule has 1 aliphatic heterocycles. The lowest BCUT2D eigenvalue weighted by Gasteiger charge is -2.40. The summed E-state index contributed by atoms with van der Waals surface area (Å²) in [5, 5.41) is 9.71. The summed E-state index contributed by atoms with van der Waals surface area (Å²) in [6.45, 7) is 13.7. The molecule has 0 aliphatic carbocycles. The fourth-order valence-electron chi connectivity index (χ4n) is 4.18. The number of halogens is 1. The Kier molecular flexibility index (Phi) is 8.98. The van der Waals surface area contributed by atoms with Crippen LogP contribution in [0.4, 0.5) is 0 Å². The third kappa shape index (κ3) is 7.37. The molecule has 0 saturated heterocycles. The standard InChI is InChI=1S/C27H40ClNO3/c1-19(2)9-11-22-18-29(15-7-8-25(31)32)24(30)17-27(22,6)21-12-10-20(23(28)16-21)13-14-26(3,4)5/h10,12,16,18-19H,7-9,11,13-15,17H2,1-6H3,(H,31,32)/t27-/m0/s1. The minimum absolute atomic E-state index is 0.0408. The third-order valence-electron chi connectivity index (χ3n) is 6.46. The number of carboxylic acids is 1. The fourth-order valence-corrected chi connectivity index (χ4v) is 4.46. The number of benzene rings is 1. The molecule has 1 N–H and O–H groups in total. The van der Waals surface area contributed by atoms with Crippen molar-refractivity contribution in [3.63, 3.8) is 0 Å².